The second-order valence-electron chi connectivity index (χ2n) is 13.0. The molecule has 6 rings (SSSR count). The Bertz CT molecular complexity index is 1980. The fourth-order valence-electron chi connectivity index (χ4n) is 6.37. The molecule has 0 bridgehead atoms. The van der Waals surface area contributed by atoms with E-state index >= 15 is 0 Å². The molecule has 264 valence electrons. The summed E-state index contributed by atoms with van der Waals surface area (Å²) in [5.74, 6) is 2.96. The highest BCUT2D eigenvalue weighted by atomic mass is 35.5. The van der Waals surface area contributed by atoms with Gasteiger partial charge in [-0.05, 0) is 75.3 Å². The third-order valence-corrected chi connectivity index (χ3v) is 9.71. The van der Waals surface area contributed by atoms with E-state index in [-0.39, 0.29) is 13.2 Å². The van der Waals surface area contributed by atoms with Gasteiger partial charge in [0.2, 0.25) is 0 Å². The van der Waals surface area contributed by atoms with Crippen LogP contribution in [0.3, 0.4) is 0 Å². The first kappa shape index (κ1) is 36.1. The summed E-state index contributed by atoms with van der Waals surface area (Å²) in [6, 6.07) is 19.6. The average molecular weight is 727 g/mol. The van der Waals surface area contributed by atoms with Crippen molar-refractivity contribution in [1.82, 2.24) is 30.0 Å². The van der Waals surface area contributed by atoms with Crippen LogP contribution in [0.1, 0.15) is 46.5 Å². The Morgan fingerprint density at radius 1 is 0.961 bits per heavy atom. The van der Waals surface area contributed by atoms with Gasteiger partial charge >= 0.3 is 0 Å². The molecule has 51 heavy (non-hydrogen) atoms. The van der Waals surface area contributed by atoms with Gasteiger partial charge in [0.15, 0.2) is 5.82 Å². The van der Waals surface area contributed by atoms with Crippen molar-refractivity contribution in [2.75, 3.05) is 33.8 Å². The number of aromatic nitrogens is 4. The van der Waals surface area contributed by atoms with Crippen molar-refractivity contribution in [3.05, 3.63) is 117 Å². The molecule has 1 unspecified atom stereocenters. The van der Waals surface area contributed by atoms with Gasteiger partial charge in [-0.1, -0.05) is 53.5 Å². The second kappa shape index (κ2) is 17.0. The highest BCUT2D eigenvalue weighted by molar-refractivity contribution is 6.35. The Morgan fingerprint density at radius 3 is 2.59 bits per heavy atom. The van der Waals surface area contributed by atoms with Gasteiger partial charge in [-0.3, -0.25) is 15.0 Å². The molecule has 1 atom stereocenters. The third-order valence-electron chi connectivity index (χ3n) is 9.03. The number of nitrogens with zero attached hydrogens (tertiary/aromatic N) is 6. The average Bonchev–Trinajstić information content (AvgIpc) is 3.64. The normalized spacial score (nSPS) is 14.7. The minimum Gasteiger partial charge on any atom is -0.492 e. The number of H-pyrrole nitrogens is 1. The first-order valence-electron chi connectivity index (χ1n) is 16.9. The molecule has 1 fully saturated rings. The number of rotatable bonds is 14. The van der Waals surface area contributed by atoms with Gasteiger partial charge in [0.05, 0.1) is 28.8 Å². The minimum absolute atomic E-state index is 0.212. The Kier molecular flexibility index (Phi) is 12.1. The van der Waals surface area contributed by atoms with Crippen molar-refractivity contribution < 1.29 is 14.2 Å². The van der Waals surface area contributed by atoms with Gasteiger partial charge in [0.1, 0.15) is 42.9 Å². The predicted octanol–water partition coefficient (Wildman–Crippen LogP) is 7.86. The Hall–Kier alpha value is -4.66. The molecular formula is C39H41Cl2N7O3. The molecule has 12 heteroatoms. The molecular weight excluding hydrogens is 685 g/mol. The zero-order valence-electron chi connectivity index (χ0n) is 29.0. The van der Waals surface area contributed by atoms with Crippen LogP contribution in [-0.4, -0.2) is 63.8 Å². The first-order chi connectivity index (χ1) is 24.8. The van der Waals surface area contributed by atoms with Crippen LogP contribution < -0.4 is 14.2 Å². The summed E-state index contributed by atoms with van der Waals surface area (Å²) >= 11 is 13.8. The van der Waals surface area contributed by atoms with Crippen LogP contribution in [-0.2, 0) is 26.3 Å². The molecule has 0 saturated carbocycles. The predicted molar refractivity (Wildman–Crippen MR) is 198 cm³/mol. The number of halogens is 2. The summed E-state index contributed by atoms with van der Waals surface area (Å²) in [5, 5.41) is 17.3. The Labute approximate surface area is 308 Å². The molecule has 5 aromatic rings. The van der Waals surface area contributed by atoms with Crippen LogP contribution in [0.2, 0.25) is 10.0 Å². The maximum atomic E-state index is 9.32. The zero-order valence-corrected chi connectivity index (χ0v) is 30.5. The summed E-state index contributed by atoms with van der Waals surface area (Å²) in [7, 11) is 4.13. The molecule has 0 radical (unpaired) electrons. The lowest BCUT2D eigenvalue weighted by molar-refractivity contribution is 0.150. The summed E-state index contributed by atoms with van der Waals surface area (Å²) in [6.45, 7) is 6.42. The lowest BCUT2D eigenvalue weighted by Crippen LogP contribution is -2.34. The van der Waals surface area contributed by atoms with Crippen LogP contribution in [0, 0.1) is 24.2 Å². The fourth-order valence-corrected chi connectivity index (χ4v) is 6.89. The van der Waals surface area contributed by atoms with Gasteiger partial charge < -0.3 is 19.1 Å². The van der Waals surface area contributed by atoms with E-state index in [4.69, 9.17) is 37.4 Å². The van der Waals surface area contributed by atoms with E-state index in [2.05, 4.69) is 56.1 Å². The van der Waals surface area contributed by atoms with Crippen molar-refractivity contribution in [1.29, 1.82) is 5.26 Å². The van der Waals surface area contributed by atoms with Crippen LogP contribution in [0.4, 0.5) is 0 Å². The SMILES string of the molecule is Cc1c(COc2cc(OCc3cncc(C#N)c3)c(CN(C)Cc3nc[nH]n3)cc2Cl)cccc1-c1cccc(OCC2CCCN(C)C2)c1Cl. The van der Waals surface area contributed by atoms with Gasteiger partial charge in [-0.25, -0.2) is 4.98 Å². The number of aromatic amines is 1. The largest absolute Gasteiger partial charge is 0.492 e. The number of likely N-dealkylation sites (tertiary alicyclic amines) is 1. The fraction of sp³-hybridized carbons (Fsp3) is 0.333. The summed E-state index contributed by atoms with van der Waals surface area (Å²) in [4.78, 5) is 12.8. The lowest BCUT2D eigenvalue weighted by atomic mass is 9.96. The quantitative estimate of drug-likeness (QED) is 0.122. The van der Waals surface area contributed by atoms with Crippen LogP contribution in [0.5, 0.6) is 17.2 Å². The molecule has 3 aromatic carbocycles. The van der Waals surface area contributed by atoms with E-state index < -0.39 is 0 Å². The van der Waals surface area contributed by atoms with Crippen molar-refractivity contribution in [2.45, 2.75) is 46.1 Å². The standard InChI is InChI=1S/C39H41Cl2N7O3/c1-26-30(8-4-9-32(26)33-10-5-11-35(39(33)41)49-22-27-7-6-12-47(2)19-27)24-51-37-15-36(50-23-29-13-28(16-42)17-43-18-29)31(14-34(37)40)20-48(3)21-38-44-25-45-46-38/h4-5,8-11,13-15,17-18,25,27H,6-7,12,19-24H2,1-3H3,(H,44,45,46). The Morgan fingerprint density at radius 2 is 1.78 bits per heavy atom. The minimum atomic E-state index is 0.212. The molecule has 1 N–H and O–H groups in total. The number of piperidine rings is 1. The summed E-state index contributed by atoms with van der Waals surface area (Å²) < 4.78 is 19.0. The first-order valence-corrected chi connectivity index (χ1v) is 17.7. The van der Waals surface area contributed by atoms with E-state index in [1.807, 2.05) is 49.5 Å². The molecule has 1 saturated heterocycles. The number of ether oxygens (including phenoxy) is 3. The van der Waals surface area contributed by atoms with E-state index in [1.54, 1.807) is 18.6 Å². The van der Waals surface area contributed by atoms with Gasteiger partial charge in [-0.15, -0.1) is 0 Å². The van der Waals surface area contributed by atoms with Crippen molar-refractivity contribution >= 4 is 23.2 Å². The zero-order chi connectivity index (χ0) is 35.7. The lowest BCUT2D eigenvalue weighted by Gasteiger charge is -2.29. The number of nitrogens with one attached hydrogen (secondary N) is 1. The maximum absolute atomic E-state index is 9.32. The molecule has 10 nitrogen and oxygen atoms in total. The molecule has 3 heterocycles. The van der Waals surface area contributed by atoms with Crippen molar-refractivity contribution in [2.24, 2.45) is 5.92 Å². The number of pyridine rings is 1. The molecule has 0 spiro atoms. The molecule has 1 aliphatic rings. The summed E-state index contributed by atoms with van der Waals surface area (Å²) in [6.07, 6.45) is 7.11. The number of hydrogen-bond donors (Lipinski definition) is 1. The van der Waals surface area contributed by atoms with E-state index in [0.717, 1.165) is 52.9 Å². The van der Waals surface area contributed by atoms with Gasteiger partial charge in [0.25, 0.3) is 0 Å². The maximum Gasteiger partial charge on any atom is 0.164 e. The van der Waals surface area contributed by atoms with E-state index in [1.165, 1.54) is 12.6 Å². The summed E-state index contributed by atoms with van der Waals surface area (Å²) in [5.41, 5.74) is 6.07. The molecule has 1 aliphatic heterocycles. The van der Waals surface area contributed by atoms with Crippen LogP contribution >= 0.6 is 23.2 Å². The number of nitriles is 1. The van der Waals surface area contributed by atoms with Gasteiger partial charge in [-0.2, -0.15) is 10.4 Å². The van der Waals surface area contributed by atoms with Crippen molar-refractivity contribution in [3.63, 3.8) is 0 Å². The van der Waals surface area contributed by atoms with Crippen molar-refractivity contribution in [3.8, 4) is 34.4 Å². The van der Waals surface area contributed by atoms with Crippen LogP contribution in [0.15, 0.2) is 73.3 Å². The molecule has 0 amide bonds. The van der Waals surface area contributed by atoms with Crippen LogP contribution in [0.25, 0.3) is 11.1 Å². The smallest absolute Gasteiger partial charge is 0.164 e. The molecule has 0 aliphatic carbocycles. The van der Waals surface area contributed by atoms with Gasteiger partial charge in [0, 0.05) is 54.2 Å². The topological polar surface area (TPSA) is 112 Å². The number of benzene rings is 3. The monoisotopic (exact) mass is 725 g/mol. The van der Waals surface area contributed by atoms with E-state index in [0.29, 0.717) is 64.3 Å². The number of hydrogen-bond acceptors (Lipinski definition) is 9. The third kappa shape index (κ3) is 9.37. The highest BCUT2D eigenvalue weighted by Crippen LogP contribution is 2.39. The second-order valence-corrected chi connectivity index (χ2v) is 13.8. The molecule has 2 aromatic heterocycles. The highest BCUT2D eigenvalue weighted by Gasteiger charge is 2.20. The van der Waals surface area contributed by atoms with E-state index in [9.17, 15) is 5.26 Å². The Balaban J connectivity index is 1.20.